The van der Waals surface area contributed by atoms with Crippen molar-refractivity contribution < 1.29 is 26.7 Å². The van der Waals surface area contributed by atoms with Crippen LogP contribution in [0.4, 0.5) is 27.6 Å². The van der Waals surface area contributed by atoms with Crippen LogP contribution in [0.5, 0.6) is 0 Å². The van der Waals surface area contributed by atoms with E-state index in [1.54, 1.807) is 16.7 Å². The first-order chi connectivity index (χ1) is 17.7. The van der Waals surface area contributed by atoms with Gasteiger partial charge in [-0.25, -0.2) is 18.7 Å². The molecule has 1 N–H and O–H groups in total. The van der Waals surface area contributed by atoms with E-state index in [2.05, 4.69) is 15.3 Å². The first-order valence-electron chi connectivity index (χ1n) is 11.4. The fourth-order valence-electron chi connectivity index (χ4n) is 4.73. The molecule has 188 valence electrons. The largest absolute Gasteiger partial charge is 0.416 e. The summed E-state index contributed by atoms with van der Waals surface area (Å²) in [6.07, 6.45) is -3.99. The minimum absolute atomic E-state index is 0.0335. The van der Waals surface area contributed by atoms with Crippen LogP contribution in [0.3, 0.4) is 0 Å². The Balaban J connectivity index is 1.39. The highest BCUT2D eigenvalue weighted by atomic mass is 19.4. The lowest BCUT2D eigenvalue weighted by molar-refractivity contribution is -0.137. The number of carbonyl (C=O) groups is 1. The minimum Gasteiger partial charge on any atom is -0.332 e. The second-order valence-corrected chi connectivity index (χ2v) is 8.92. The number of imidazole rings is 1. The Morgan fingerprint density at radius 1 is 1.11 bits per heavy atom. The number of pyridine rings is 1. The van der Waals surface area contributed by atoms with Crippen LogP contribution in [-0.4, -0.2) is 25.0 Å². The van der Waals surface area contributed by atoms with Gasteiger partial charge in [-0.3, -0.25) is 4.79 Å². The summed E-state index contributed by atoms with van der Waals surface area (Å²) in [5, 5.41) is 3.13. The molecule has 1 atom stereocenters. The van der Waals surface area contributed by atoms with Gasteiger partial charge >= 0.3 is 6.18 Å². The predicted octanol–water partition coefficient (Wildman–Crippen LogP) is 6.26. The molecule has 0 bridgehead atoms. The highest BCUT2D eigenvalue weighted by Gasteiger charge is 2.31. The number of carbonyl (C=O) groups excluding carboxylic acids is 1. The lowest BCUT2D eigenvalue weighted by atomic mass is 10.1. The fourth-order valence-corrected chi connectivity index (χ4v) is 4.73. The van der Waals surface area contributed by atoms with E-state index < -0.39 is 29.6 Å². The maximum absolute atomic E-state index is 14.1. The Hall–Kier alpha value is -4.28. The molecular formula is C26H18F5N5O. The molecule has 6 rings (SSSR count). The van der Waals surface area contributed by atoms with E-state index in [1.165, 1.54) is 41.1 Å². The van der Waals surface area contributed by atoms with Crippen molar-refractivity contribution >= 4 is 33.7 Å². The number of nitrogens with one attached hydrogen (secondary N) is 1. The maximum atomic E-state index is 14.1. The van der Waals surface area contributed by atoms with E-state index in [1.807, 2.05) is 0 Å². The average molecular weight is 511 g/mol. The third-order valence-corrected chi connectivity index (χ3v) is 6.45. The summed E-state index contributed by atoms with van der Waals surface area (Å²) in [4.78, 5) is 21.9. The predicted molar refractivity (Wildman–Crippen MR) is 126 cm³/mol. The molecule has 0 saturated heterocycles. The summed E-state index contributed by atoms with van der Waals surface area (Å²) in [5.41, 5.74) is 1.09. The molecule has 1 aliphatic heterocycles. The van der Waals surface area contributed by atoms with E-state index in [-0.39, 0.29) is 17.8 Å². The van der Waals surface area contributed by atoms with Crippen LogP contribution in [0.25, 0.3) is 22.1 Å². The molecule has 37 heavy (non-hydrogen) atoms. The SMILES string of the molecule is O=C(Nc1cnc2c(c1)nc1n2CCC1F)c1cc2ccc(C(F)(F)F)cc2n1Cc1cccc(F)c1. The summed E-state index contributed by atoms with van der Waals surface area (Å²) >= 11 is 0. The number of fused-ring (bicyclic) bond motifs is 4. The third-order valence-electron chi connectivity index (χ3n) is 6.45. The molecule has 0 spiro atoms. The smallest absolute Gasteiger partial charge is 0.332 e. The van der Waals surface area contributed by atoms with Gasteiger partial charge < -0.3 is 14.5 Å². The molecule has 0 saturated carbocycles. The molecule has 0 fully saturated rings. The first-order valence-corrected chi connectivity index (χ1v) is 11.4. The number of halogens is 5. The second-order valence-electron chi connectivity index (χ2n) is 8.92. The number of amides is 1. The van der Waals surface area contributed by atoms with Crippen LogP contribution < -0.4 is 5.32 Å². The van der Waals surface area contributed by atoms with Crippen molar-refractivity contribution in [3.63, 3.8) is 0 Å². The van der Waals surface area contributed by atoms with Gasteiger partial charge in [0.15, 0.2) is 11.8 Å². The van der Waals surface area contributed by atoms with Crippen molar-refractivity contribution in [2.45, 2.75) is 31.9 Å². The molecule has 4 heterocycles. The molecule has 11 heteroatoms. The molecule has 5 aromatic rings. The number of anilines is 1. The van der Waals surface area contributed by atoms with Crippen molar-refractivity contribution in [3.05, 3.63) is 89.3 Å². The number of hydrogen-bond donors (Lipinski definition) is 1. The zero-order chi connectivity index (χ0) is 25.9. The minimum atomic E-state index is -4.57. The number of rotatable bonds is 4. The number of hydrogen-bond acceptors (Lipinski definition) is 3. The Labute approximate surface area is 206 Å². The van der Waals surface area contributed by atoms with Crippen LogP contribution in [-0.2, 0) is 19.3 Å². The zero-order valence-electron chi connectivity index (χ0n) is 19.1. The molecule has 1 unspecified atom stereocenters. The Kier molecular flexibility index (Phi) is 5.25. The van der Waals surface area contributed by atoms with Crippen LogP contribution in [0, 0.1) is 5.82 Å². The van der Waals surface area contributed by atoms with Gasteiger partial charge in [-0.15, -0.1) is 0 Å². The van der Waals surface area contributed by atoms with E-state index >= 15 is 0 Å². The van der Waals surface area contributed by atoms with Gasteiger partial charge in [0, 0.05) is 30.4 Å². The van der Waals surface area contributed by atoms with E-state index in [0.717, 1.165) is 12.1 Å². The van der Waals surface area contributed by atoms with Gasteiger partial charge in [-0.05, 0) is 42.0 Å². The summed E-state index contributed by atoms with van der Waals surface area (Å²) in [6, 6.07) is 11.9. The molecule has 2 aromatic carbocycles. The normalized spacial score (nSPS) is 15.4. The zero-order valence-corrected chi connectivity index (χ0v) is 19.1. The Morgan fingerprint density at radius 3 is 2.73 bits per heavy atom. The second kappa shape index (κ2) is 8.39. The number of aromatic nitrogens is 4. The topological polar surface area (TPSA) is 64.7 Å². The van der Waals surface area contributed by atoms with Crippen molar-refractivity contribution in [2.75, 3.05) is 5.32 Å². The maximum Gasteiger partial charge on any atom is 0.416 e. The summed E-state index contributed by atoms with van der Waals surface area (Å²) in [6.45, 7) is 0.431. The van der Waals surface area contributed by atoms with Crippen LogP contribution in [0.2, 0.25) is 0 Å². The molecular weight excluding hydrogens is 493 g/mol. The quantitative estimate of drug-likeness (QED) is 0.290. The van der Waals surface area contributed by atoms with Crippen LogP contribution >= 0.6 is 0 Å². The van der Waals surface area contributed by atoms with E-state index in [0.29, 0.717) is 46.6 Å². The van der Waals surface area contributed by atoms with Gasteiger partial charge in [0.25, 0.3) is 5.91 Å². The van der Waals surface area contributed by atoms with Crippen LogP contribution in [0.15, 0.2) is 60.8 Å². The monoisotopic (exact) mass is 511 g/mol. The van der Waals surface area contributed by atoms with Crippen LogP contribution in [0.1, 0.15) is 40.0 Å². The molecule has 3 aromatic heterocycles. The van der Waals surface area contributed by atoms with Gasteiger partial charge in [-0.1, -0.05) is 18.2 Å². The first kappa shape index (κ1) is 23.1. The van der Waals surface area contributed by atoms with Gasteiger partial charge in [-0.2, -0.15) is 13.2 Å². The fraction of sp³-hybridized carbons (Fsp3) is 0.192. The molecule has 1 amide bonds. The highest BCUT2D eigenvalue weighted by Crippen LogP contribution is 2.34. The number of benzene rings is 2. The van der Waals surface area contributed by atoms with E-state index in [4.69, 9.17) is 0 Å². The lowest BCUT2D eigenvalue weighted by Crippen LogP contribution is -2.18. The lowest BCUT2D eigenvalue weighted by Gasteiger charge is -2.13. The molecule has 6 nitrogen and oxygen atoms in total. The number of nitrogens with zero attached hydrogens (tertiary/aromatic N) is 4. The van der Waals surface area contributed by atoms with Crippen molar-refractivity contribution in [1.29, 1.82) is 0 Å². The number of alkyl halides is 4. The molecule has 0 aliphatic carbocycles. The summed E-state index contributed by atoms with van der Waals surface area (Å²) < 4.78 is 71.2. The molecule has 1 aliphatic rings. The van der Waals surface area contributed by atoms with Crippen molar-refractivity contribution in [2.24, 2.45) is 0 Å². The van der Waals surface area contributed by atoms with Gasteiger partial charge in [0.2, 0.25) is 0 Å². The summed E-state index contributed by atoms with van der Waals surface area (Å²) in [5.74, 6) is -0.808. The highest BCUT2D eigenvalue weighted by molar-refractivity contribution is 6.07. The number of aryl methyl sites for hydroxylation is 1. The van der Waals surface area contributed by atoms with Gasteiger partial charge in [0.05, 0.1) is 17.4 Å². The Morgan fingerprint density at radius 2 is 1.95 bits per heavy atom. The Bertz CT molecular complexity index is 1690. The standard InChI is InChI=1S/C26H18F5N5O/c27-17-3-1-2-14(8-17)13-36-21-10-16(26(29,30)31)5-4-15(21)9-22(36)25(37)33-18-11-20-24(32-12-18)35-7-6-19(28)23(35)34-20/h1-5,8-12,19H,6-7,13H2,(H,33,37). The third kappa shape index (κ3) is 4.09. The summed E-state index contributed by atoms with van der Waals surface area (Å²) in [7, 11) is 0. The molecule has 0 radical (unpaired) electrons. The van der Waals surface area contributed by atoms with Gasteiger partial charge in [0.1, 0.15) is 22.9 Å². The van der Waals surface area contributed by atoms with E-state index in [9.17, 15) is 26.7 Å². The van der Waals surface area contributed by atoms with Crippen molar-refractivity contribution in [1.82, 2.24) is 19.1 Å². The van der Waals surface area contributed by atoms with Crippen molar-refractivity contribution in [3.8, 4) is 0 Å². The average Bonchev–Trinajstić information content (AvgIpc) is 3.51.